The molecule has 9 heteroatoms. The fraction of sp³-hybridized carbons (Fsp3) is 0.174. The number of hydrogen-bond donors (Lipinski definition) is 1. The van der Waals surface area contributed by atoms with Gasteiger partial charge in [0.05, 0.1) is 24.1 Å². The molecule has 0 unspecified atom stereocenters. The summed E-state index contributed by atoms with van der Waals surface area (Å²) in [7, 11) is -2.51. The second-order valence-electron chi connectivity index (χ2n) is 6.94. The number of hydrogen-bond acceptors (Lipinski definition) is 6. The third-order valence-corrected chi connectivity index (χ3v) is 6.08. The van der Waals surface area contributed by atoms with Crippen LogP contribution in [0.1, 0.15) is 21.5 Å². The van der Waals surface area contributed by atoms with E-state index >= 15 is 0 Å². The van der Waals surface area contributed by atoms with Crippen molar-refractivity contribution in [1.29, 1.82) is 0 Å². The highest BCUT2D eigenvalue weighted by Crippen LogP contribution is 2.13. The van der Waals surface area contributed by atoms with E-state index in [1.54, 1.807) is 60.9 Å². The molecule has 0 saturated heterocycles. The average Bonchev–Trinajstić information content (AvgIpc) is 2.83. The summed E-state index contributed by atoms with van der Waals surface area (Å²) < 4.78 is 32.0. The summed E-state index contributed by atoms with van der Waals surface area (Å²) in [5.41, 5.74) is 1.98. The van der Waals surface area contributed by atoms with Crippen LogP contribution in [0.3, 0.4) is 0 Å². The SMILES string of the molecule is COC(=O)c1ccc(CN(Cc2cccnc2)C(=O)CNS(=O)(=O)c2ccccc2)cc1. The summed E-state index contributed by atoms with van der Waals surface area (Å²) >= 11 is 0. The predicted octanol–water partition coefficient (Wildman–Crippen LogP) is 2.38. The first kappa shape index (κ1) is 23.1. The first-order chi connectivity index (χ1) is 15.4. The molecule has 32 heavy (non-hydrogen) atoms. The van der Waals surface area contributed by atoms with Gasteiger partial charge in [0, 0.05) is 25.5 Å². The number of rotatable bonds is 9. The predicted molar refractivity (Wildman–Crippen MR) is 118 cm³/mol. The van der Waals surface area contributed by atoms with Crippen LogP contribution in [0.25, 0.3) is 0 Å². The molecule has 1 heterocycles. The Morgan fingerprint density at radius 1 is 0.938 bits per heavy atom. The summed E-state index contributed by atoms with van der Waals surface area (Å²) in [4.78, 5) is 30.3. The maximum Gasteiger partial charge on any atom is 0.337 e. The average molecular weight is 454 g/mol. The van der Waals surface area contributed by atoms with Crippen LogP contribution in [0.4, 0.5) is 0 Å². The second-order valence-corrected chi connectivity index (χ2v) is 8.70. The monoisotopic (exact) mass is 453 g/mol. The largest absolute Gasteiger partial charge is 0.465 e. The number of sulfonamides is 1. The van der Waals surface area contributed by atoms with Gasteiger partial charge in [0.2, 0.25) is 15.9 Å². The summed E-state index contributed by atoms with van der Waals surface area (Å²) in [6.07, 6.45) is 3.28. The highest BCUT2D eigenvalue weighted by molar-refractivity contribution is 7.89. The molecular weight excluding hydrogens is 430 g/mol. The lowest BCUT2D eigenvalue weighted by Crippen LogP contribution is -2.39. The van der Waals surface area contributed by atoms with Gasteiger partial charge in [-0.2, -0.15) is 0 Å². The summed E-state index contributed by atoms with van der Waals surface area (Å²) in [6, 6.07) is 18.2. The molecule has 3 aromatic rings. The van der Waals surface area contributed by atoms with Crippen molar-refractivity contribution in [2.75, 3.05) is 13.7 Å². The molecule has 0 spiro atoms. The standard InChI is InChI=1S/C23H23N3O5S/c1-31-23(28)20-11-9-18(10-12-20)16-26(17-19-6-5-13-24-14-19)22(27)15-25-32(29,30)21-7-3-2-4-8-21/h2-14,25H,15-17H2,1H3. The Morgan fingerprint density at radius 3 is 2.25 bits per heavy atom. The number of carbonyl (C=O) groups is 2. The Kier molecular flexibility index (Phi) is 7.69. The van der Waals surface area contributed by atoms with E-state index in [-0.39, 0.29) is 18.0 Å². The van der Waals surface area contributed by atoms with Crippen LogP contribution in [-0.2, 0) is 32.6 Å². The van der Waals surface area contributed by atoms with Crippen molar-refractivity contribution in [3.05, 3.63) is 95.8 Å². The Morgan fingerprint density at radius 2 is 1.62 bits per heavy atom. The molecule has 8 nitrogen and oxygen atoms in total. The Hall–Kier alpha value is -3.56. The van der Waals surface area contributed by atoms with E-state index in [0.717, 1.165) is 11.1 Å². The molecule has 0 bridgehead atoms. The van der Waals surface area contributed by atoms with E-state index in [4.69, 9.17) is 4.74 Å². The molecule has 1 amide bonds. The van der Waals surface area contributed by atoms with E-state index in [9.17, 15) is 18.0 Å². The van der Waals surface area contributed by atoms with Crippen LogP contribution < -0.4 is 4.72 Å². The van der Waals surface area contributed by atoms with E-state index in [2.05, 4.69) is 9.71 Å². The number of methoxy groups -OCH3 is 1. The molecular formula is C23H23N3O5S. The van der Waals surface area contributed by atoms with Crippen molar-refractivity contribution >= 4 is 21.9 Å². The van der Waals surface area contributed by atoms with Gasteiger partial charge in [0.15, 0.2) is 0 Å². The smallest absolute Gasteiger partial charge is 0.337 e. The lowest BCUT2D eigenvalue weighted by atomic mass is 10.1. The normalized spacial score (nSPS) is 11.0. The highest BCUT2D eigenvalue weighted by Gasteiger charge is 2.20. The zero-order chi connectivity index (χ0) is 23.0. The Bertz CT molecular complexity index is 1150. The van der Waals surface area contributed by atoms with E-state index in [0.29, 0.717) is 5.56 Å². The number of nitrogens with one attached hydrogen (secondary N) is 1. The van der Waals surface area contributed by atoms with Gasteiger partial charge in [0.25, 0.3) is 0 Å². The molecule has 0 fully saturated rings. The van der Waals surface area contributed by atoms with Crippen LogP contribution in [0.15, 0.2) is 84.0 Å². The van der Waals surface area contributed by atoms with Crippen LogP contribution in [-0.4, -0.2) is 43.8 Å². The minimum Gasteiger partial charge on any atom is -0.465 e. The van der Waals surface area contributed by atoms with E-state index in [1.165, 1.54) is 24.1 Å². The third-order valence-electron chi connectivity index (χ3n) is 4.66. The molecule has 0 atom stereocenters. The molecule has 0 aliphatic carbocycles. The Labute approximate surface area is 186 Å². The molecule has 166 valence electrons. The zero-order valence-corrected chi connectivity index (χ0v) is 18.3. The first-order valence-corrected chi connectivity index (χ1v) is 11.3. The molecule has 2 aromatic carbocycles. The quantitative estimate of drug-likeness (QED) is 0.499. The number of aromatic nitrogens is 1. The number of esters is 1. The van der Waals surface area contributed by atoms with Crippen molar-refractivity contribution in [2.45, 2.75) is 18.0 Å². The molecule has 0 radical (unpaired) electrons. The number of benzene rings is 2. The lowest BCUT2D eigenvalue weighted by molar-refractivity contribution is -0.131. The summed E-state index contributed by atoms with van der Waals surface area (Å²) in [6.45, 7) is 0.0818. The zero-order valence-electron chi connectivity index (χ0n) is 17.5. The number of pyridine rings is 1. The first-order valence-electron chi connectivity index (χ1n) is 9.77. The highest BCUT2D eigenvalue weighted by atomic mass is 32.2. The van der Waals surface area contributed by atoms with E-state index < -0.39 is 28.4 Å². The van der Waals surface area contributed by atoms with Gasteiger partial charge in [-0.1, -0.05) is 36.4 Å². The molecule has 1 aromatic heterocycles. The minimum absolute atomic E-state index is 0.0880. The number of carbonyl (C=O) groups excluding carboxylic acids is 2. The van der Waals surface area contributed by atoms with Gasteiger partial charge in [-0.25, -0.2) is 17.9 Å². The van der Waals surface area contributed by atoms with Gasteiger partial charge in [0.1, 0.15) is 0 Å². The lowest BCUT2D eigenvalue weighted by Gasteiger charge is -2.23. The Balaban J connectivity index is 1.74. The van der Waals surface area contributed by atoms with Crippen LogP contribution in [0, 0.1) is 0 Å². The molecule has 0 aliphatic rings. The van der Waals surface area contributed by atoms with Crippen LogP contribution >= 0.6 is 0 Å². The van der Waals surface area contributed by atoms with Gasteiger partial charge < -0.3 is 9.64 Å². The molecule has 0 aliphatic heterocycles. The third kappa shape index (κ3) is 6.22. The minimum atomic E-state index is -3.81. The fourth-order valence-corrected chi connectivity index (χ4v) is 3.98. The van der Waals surface area contributed by atoms with Gasteiger partial charge in [-0.3, -0.25) is 9.78 Å². The van der Waals surface area contributed by atoms with Crippen molar-refractivity contribution in [2.24, 2.45) is 0 Å². The van der Waals surface area contributed by atoms with Crippen molar-refractivity contribution in [3.63, 3.8) is 0 Å². The number of nitrogens with zero attached hydrogens (tertiary/aromatic N) is 2. The number of ether oxygens (including phenoxy) is 1. The fourth-order valence-electron chi connectivity index (χ4n) is 2.98. The maximum atomic E-state index is 13.0. The van der Waals surface area contributed by atoms with E-state index in [1.807, 2.05) is 6.07 Å². The van der Waals surface area contributed by atoms with Crippen molar-refractivity contribution in [3.8, 4) is 0 Å². The van der Waals surface area contributed by atoms with Gasteiger partial charge >= 0.3 is 5.97 Å². The van der Waals surface area contributed by atoms with Crippen molar-refractivity contribution < 1.29 is 22.7 Å². The summed E-state index contributed by atoms with van der Waals surface area (Å²) in [5.74, 6) is -0.847. The van der Waals surface area contributed by atoms with Gasteiger partial charge in [-0.05, 0) is 41.5 Å². The number of amides is 1. The molecule has 1 N–H and O–H groups in total. The summed E-state index contributed by atoms with van der Waals surface area (Å²) in [5, 5.41) is 0. The van der Waals surface area contributed by atoms with Gasteiger partial charge in [-0.15, -0.1) is 0 Å². The molecule has 0 saturated carbocycles. The van der Waals surface area contributed by atoms with Crippen LogP contribution in [0.5, 0.6) is 0 Å². The second kappa shape index (κ2) is 10.7. The van der Waals surface area contributed by atoms with Crippen molar-refractivity contribution in [1.82, 2.24) is 14.6 Å². The van der Waals surface area contributed by atoms with Crippen LogP contribution in [0.2, 0.25) is 0 Å². The maximum absolute atomic E-state index is 13.0. The molecule has 3 rings (SSSR count). The topological polar surface area (TPSA) is 106 Å².